The molecule has 7 nitrogen and oxygen atoms in total. The molecule has 7 rings (SSSR count). The van der Waals surface area contributed by atoms with Crippen LogP contribution in [-0.2, 0) is 25.7 Å². The van der Waals surface area contributed by atoms with E-state index in [1.165, 1.54) is 0 Å². The second-order valence-electron chi connectivity index (χ2n) is 11.9. The molecule has 1 aliphatic rings. The van der Waals surface area contributed by atoms with Gasteiger partial charge in [-0.2, -0.15) is 0 Å². The lowest BCUT2D eigenvalue weighted by molar-refractivity contribution is 0.414. The minimum Gasteiger partial charge on any atom is -0.497 e. The van der Waals surface area contributed by atoms with E-state index in [1.807, 2.05) is 89.2 Å². The standard InChI is InChI=1S/C37H33Cl2N5O2/c1-43-23-40-21-34(43)37(28-11-15-35(39)41-20-28,42-19-24-8-12-30(46-2)13-9-24)27-10-14-33-32(17-27)31(26-4-3-5-29(38)16-26)18-36(45)44(33)22-25-6-7-25/h3-5,8-18,20-21,23,25,42H,6-7,19,22H2,1-2H3. The Morgan fingerprint density at radius 2 is 1.76 bits per heavy atom. The summed E-state index contributed by atoms with van der Waals surface area (Å²) in [6.07, 6.45) is 7.78. The molecule has 3 aromatic heterocycles. The van der Waals surface area contributed by atoms with Crippen molar-refractivity contribution in [1.82, 2.24) is 24.4 Å². The van der Waals surface area contributed by atoms with Crippen LogP contribution in [0.2, 0.25) is 10.2 Å². The summed E-state index contributed by atoms with van der Waals surface area (Å²) in [6, 6.07) is 27.6. The number of aromatic nitrogens is 4. The first kappa shape index (κ1) is 30.2. The number of aryl methyl sites for hydroxylation is 1. The van der Waals surface area contributed by atoms with Gasteiger partial charge < -0.3 is 13.9 Å². The molecule has 1 aliphatic carbocycles. The van der Waals surface area contributed by atoms with Crippen molar-refractivity contribution in [1.29, 1.82) is 0 Å². The molecule has 46 heavy (non-hydrogen) atoms. The van der Waals surface area contributed by atoms with Crippen LogP contribution in [0.1, 0.15) is 35.2 Å². The molecule has 232 valence electrons. The highest BCUT2D eigenvalue weighted by molar-refractivity contribution is 6.31. The van der Waals surface area contributed by atoms with Crippen LogP contribution >= 0.6 is 23.2 Å². The molecule has 0 amide bonds. The van der Waals surface area contributed by atoms with Gasteiger partial charge in [-0.05, 0) is 83.5 Å². The maximum Gasteiger partial charge on any atom is 0.251 e. The van der Waals surface area contributed by atoms with E-state index >= 15 is 0 Å². The number of hydrogen-bond acceptors (Lipinski definition) is 5. The van der Waals surface area contributed by atoms with Crippen molar-refractivity contribution in [3.05, 3.63) is 147 Å². The average Bonchev–Trinajstić information content (AvgIpc) is 3.80. The monoisotopic (exact) mass is 649 g/mol. The summed E-state index contributed by atoms with van der Waals surface area (Å²) in [7, 11) is 3.65. The molecule has 0 saturated heterocycles. The molecule has 1 unspecified atom stereocenters. The number of rotatable bonds is 10. The number of imidazole rings is 1. The Morgan fingerprint density at radius 1 is 0.957 bits per heavy atom. The Hall–Kier alpha value is -4.43. The molecule has 3 heterocycles. The molecule has 1 atom stereocenters. The average molecular weight is 651 g/mol. The van der Waals surface area contributed by atoms with Crippen molar-refractivity contribution in [2.45, 2.75) is 31.5 Å². The van der Waals surface area contributed by atoms with Crippen molar-refractivity contribution in [3.63, 3.8) is 0 Å². The molecule has 6 aromatic rings. The number of pyridine rings is 2. The fraction of sp³-hybridized carbons (Fsp3) is 0.216. The quantitative estimate of drug-likeness (QED) is 0.155. The van der Waals surface area contributed by atoms with E-state index in [0.29, 0.717) is 29.2 Å². The van der Waals surface area contributed by atoms with Gasteiger partial charge in [-0.25, -0.2) is 9.97 Å². The van der Waals surface area contributed by atoms with Crippen LogP contribution in [0, 0.1) is 5.92 Å². The van der Waals surface area contributed by atoms with Crippen molar-refractivity contribution in [2.75, 3.05) is 7.11 Å². The van der Waals surface area contributed by atoms with E-state index in [4.69, 9.17) is 27.9 Å². The molecule has 0 bridgehead atoms. The molecule has 0 spiro atoms. The second kappa shape index (κ2) is 12.4. The Bertz CT molecular complexity index is 2090. The van der Waals surface area contributed by atoms with E-state index in [1.54, 1.807) is 19.5 Å². The largest absolute Gasteiger partial charge is 0.497 e. The van der Waals surface area contributed by atoms with E-state index in [0.717, 1.165) is 63.0 Å². The Morgan fingerprint density at radius 3 is 2.43 bits per heavy atom. The summed E-state index contributed by atoms with van der Waals surface area (Å²) in [4.78, 5) is 22.7. The predicted octanol–water partition coefficient (Wildman–Crippen LogP) is 7.60. The third-order valence-electron chi connectivity index (χ3n) is 8.90. The summed E-state index contributed by atoms with van der Waals surface area (Å²) in [6.45, 7) is 1.23. The van der Waals surface area contributed by atoms with Gasteiger partial charge >= 0.3 is 0 Å². The van der Waals surface area contributed by atoms with Crippen LogP contribution < -0.4 is 15.6 Å². The van der Waals surface area contributed by atoms with Crippen LogP contribution in [0.4, 0.5) is 0 Å². The third-order valence-corrected chi connectivity index (χ3v) is 9.35. The van der Waals surface area contributed by atoms with Gasteiger partial charge in [-0.1, -0.05) is 59.6 Å². The zero-order valence-corrected chi connectivity index (χ0v) is 27.1. The lowest BCUT2D eigenvalue weighted by atomic mass is 9.79. The smallest absolute Gasteiger partial charge is 0.251 e. The van der Waals surface area contributed by atoms with Gasteiger partial charge in [0.05, 0.1) is 30.8 Å². The summed E-state index contributed by atoms with van der Waals surface area (Å²) >= 11 is 12.8. The van der Waals surface area contributed by atoms with Crippen LogP contribution in [0.3, 0.4) is 0 Å². The van der Waals surface area contributed by atoms with E-state index in [9.17, 15) is 4.79 Å². The van der Waals surface area contributed by atoms with Crippen molar-refractivity contribution in [2.24, 2.45) is 13.0 Å². The molecule has 9 heteroatoms. The van der Waals surface area contributed by atoms with Gasteiger partial charge in [0, 0.05) is 48.4 Å². The van der Waals surface area contributed by atoms with Crippen LogP contribution in [0.5, 0.6) is 5.75 Å². The van der Waals surface area contributed by atoms with Crippen molar-refractivity contribution < 1.29 is 4.74 Å². The normalized spacial score (nSPS) is 14.3. The third kappa shape index (κ3) is 5.71. The molecule has 1 fully saturated rings. The predicted molar refractivity (Wildman–Crippen MR) is 184 cm³/mol. The van der Waals surface area contributed by atoms with Crippen molar-refractivity contribution in [3.8, 4) is 16.9 Å². The van der Waals surface area contributed by atoms with Gasteiger partial charge in [0.25, 0.3) is 5.56 Å². The Balaban J connectivity index is 1.49. The topological polar surface area (TPSA) is 74.0 Å². The molecule has 1 saturated carbocycles. The van der Waals surface area contributed by atoms with Gasteiger partial charge in [0.2, 0.25) is 0 Å². The number of fused-ring (bicyclic) bond motifs is 1. The zero-order valence-electron chi connectivity index (χ0n) is 25.6. The number of benzene rings is 3. The number of nitrogens with one attached hydrogen (secondary N) is 1. The summed E-state index contributed by atoms with van der Waals surface area (Å²) in [5.41, 5.74) is 5.54. The highest BCUT2D eigenvalue weighted by atomic mass is 35.5. The molecular formula is C37H33Cl2N5O2. The maximum atomic E-state index is 13.6. The highest BCUT2D eigenvalue weighted by Gasteiger charge is 2.39. The molecule has 3 aromatic carbocycles. The number of methoxy groups -OCH3 is 1. The molecule has 0 aliphatic heterocycles. The first-order valence-corrected chi connectivity index (χ1v) is 16.0. The second-order valence-corrected chi connectivity index (χ2v) is 12.7. The van der Waals surface area contributed by atoms with Crippen LogP contribution in [-0.4, -0.2) is 26.2 Å². The Kier molecular flexibility index (Phi) is 8.15. The lowest BCUT2D eigenvalue weighted by Crippen LogP contribution is -2.45. The zero-order chi connectivity index (χ0) is 31.8. The highest BCUT2D eigenvalue weighted by Crippen LogP contribution is 2.40. The first-order valence-electron chi connectivity index (χ1n) is 15.3. The van der Waals surface area contributed by atoms with E-state index in [2.05, 4.69) is 33.5 Å². The maximum absolute atomic E-state index is 13.6. The summed E-state index contributed by atoms with van der Waals surface area (Å²) < 4.78 is 9.34. The number of halogens is 2. The number of hydrogen-bond donors (Lipinski definition) is 1. The van der Waals surface area contributed by atoms with Crippen LogP contribution in [0.15, 0.2) is 108 Å². The lowest BCUT2D eigenvalue weighted by Gasteiger charge is -2.37. The Labute approximate surface area is 277 Å². The summed E-state index contributed by atoms with van der Waals surface area (Å²) in [5, 5.41) is 5.89. The molecule has 1 N–H and O–H groups in total. The van der Waals surface area contributed by atoms with Gasteiger partial charge in [0.1, 0.15) is 16.4 Å². The minimum absolute atomic E-state index is 0.0143. The molecule has 0 radical (unpaired) electrons. The van der Waals surface area contributed by atoms with Gasteiger partial charge in [-0.3, -0.25) is 10.1 Å². The first-order chi connectivity index (χ1) is 22.4. The van der Waals surface area contributed by atoms with E-state index < -0.39 is 5.54 Å². The van der Waals surface area contributed by atoms with Gasteiger partial charge in [-0.15, -0.1) is 0 Å². The van der Waals surface area contributed by atoms with Gasteiger partial charge in [0.15, 0.2) is 0 Å². The van der Waals surface area contributed by atoms with Crippen molar-refractivity contribution >= 4 is 34.1 Å². The van der Waals surface area contributed by atoms with Crippen LogP contribution in [0.25, 0.3) is 22.0 Å². The summed E-state index contributed by atoms with van der Waals surface area (Å²) in [5.74, 6) is 1.32. The number of nitrogens with zero attached hydrogens (tertiary/aromatic N) is 4. The SMILES string of the molecule is COc1ccc(CNC(c2ccc(Cl)nc2)(c2ccc3c(c2)c(-c2cccc(Cl)c2)cc(=O)n3CC2CC2)c2cncn2C)cc1. The van der Waals surface area contributed by atoms with E-state index in [-0.39, 0.29) is 5.56 Å². The molecular weight excluding hydrogens is 617 g/mol. The minimum atomic E-state index is -0.903. The fourth-order valence-electron chi connectivity index (χ4n) is 6.31. The number of ether oxygens (including phenoxy) is 1. The fourth-order valence-corrected chi connectivity index (χ4v) is 6.61.